The van der Waals surface area contributed by atoms with E-state index in [-0.39, 0.29) is 31.1 Å². The van der Waals surface area contributed by atoms with Gasteiger partial charge in [-0.3, -0.25) is 14.4 Å². The van der Waals surface area contributed by atoms with Crippen LogP contribution in [0.5, 0.6) is 0 Å². The van der Waals surface area contributed by atoms with Crippen molar-refractivity contribution in [3.63, 3.8) is 0 Å². The Labute approximate surface area is 428 Å². The maximum absolute atomic E-state index is 12.9. The molecular formula is C63H114O6. The number of carbonyl (C=O) groups excluding carboxylic acids is 3. The van der Waals surface area contributed by atoms with E-state index in [2.05, 4.69) is 69.4 Å². The number of rotatable bonds is 55. The fourth-order valence-electron chi connectivity index (χ4n) is 8.74. The van der Waals surface area contributed by atoms with Gasteiger partial charge in [0.05, 0.1) is 0 Å². The third-order valence-electron chi connectivity index (χ3n) is 13.3. The van der Waals surface area contributed by atoms with Crippen LogP contribution in [0.25, 0.3) is 0 Å². The van der Waals surface area contributed by atoms with Crippen molar-refractivity contribution in [2.45, 2.75) is 322 Å². The zero-order valence-corrected chi connectivity index (χ0v) is 46.1. The molecule has 0 aliphatic heterocycles. The van der Waals surface area contributed by atoms with E-state index in [0.29, 0.717) is 19.3 Å². The number of hydrogen-bond donors (Lipinski definition) is 0. The van der Waals surface area contributed by atoms with Crippen molar-refractivity contribution in [1.29, 1.82) is 0 Å². The lowest BCUT2D eigenvalue weighted by molar-refractivity contribution is -0.167. The van der Waals surface area contributed by atoms with Crippen LogP contribution >= 0.6 is 0 Å². The van der Waals surface area contributed by atoms with Crippen LogP contribution in [-0.2, 0) is 28.6 Å². The Balaban J connectivity index is 4.30. The van der Waals surface area contributed by atoms with Gasteiger partial charge in [0, 0.05) is 19.3 Å². The van der Waals surface area contributed by atoms with E-state index in [1.54, 1.807) is 0 Å². The molecule has 0 saturated heterocycles. The quantitative estimate of drug-likeness (QED) is 0.0262. The minimum atomic E-state index is -0.775. The molecule has 0 bridgehead atoms. The van der Waals surface area contributed by atoms with E-state index in [1.165, 1.54) is 205 Å². The van der Waals surface area contributed by atoms with Gasteiger partial charge < -0.3 is 14.2 Å². The van der Waals surface area contributed by atoms with E-state index < -0.39 is 6.10 Å². The van der Waals surface area contributed by atoms with Crippen LogP contribution in [0, 0.1) is 0 Å². The van der Waals surface area contributed by atoms with Gasteiger partial charge in [-0.25, -0.2) is 0 Å². The molecule has 0 amide bonds. The van der Waals surface area contributed by atoms with Crippen molar-refractivity contribution in [3.8, 4) is 0 Å². The molecular weight excluding hydrogens is 853 g/mol. The second-order valence-corrected chi connectivity index (χ2v) is 20.3. The van der Waals surface area contributed by atoms with Crippen LogP contribution in [0.15, 0.2) is 48.6 Å². The summed E-state index contributed by atoms with van der Waals surface area (Å²) in [5.74, 6) is -0.867. The number of allylic oxidation sites excluding steroid dienone is 8. The summed E-state index contributed by atoms with van der Waals surface area (Å²) in [7, 11) is 0. The highest BCUT2D eigenvalue weighted by Gasteiger charge is 2.19. The minimum absolute atomic E-state index is 0.0731. The van der Waals surface area contributed by atoms with Crippen molar-refractivity contribution >= 4 is 17.9 Å². The van der Waals surface area contributed by atoms with E-state index in [0.717, 1.165) is 70.6 Å². The van der Waals surface area contributed by atoms with Crippen molar-refractivity contribution in [2.24, 2.45) is 0 Å². The molecule has 0 aromatic rings. The summed E-state index contributed by atoms with van der Waals surface area (Å²) in [5, 5.41) is 0. The van der Waals surface area contributed by atoms with Crippen molar-refractivity contribution in [3.05, 3.63) is 48.6 Å². The Bertz CT molecular complexity index is 1200. The van der Waals surface area contributed by atoms with E-state index in [9.17, 15) is 14.4 Å². The van der Waals surface area contributed by atoms with Crippen molar-refractivity contribution < 1.29 is 28.6 Å². The first-order valence-corrected chi connectivity index (χ1v) is 30.1. The predicted molar refractivity (Wildman–Crippen MR) is 298 cm³/mol. The lowest BCUT2D eigenvalue weighted by Crippen LogP contribution is -2.30. The number of unbranched alkanes of at least 4 members (excludes halogenated alkanes) is 36. The van der Waals surface area contributed by atoms with Crippen molar-refractivity contribution in [2.75, 3.05) is 13.2 Å². The molecule has 0 saturated carbocycles. The number of hydrogen-bond acceptors (Lipinski definition) is 6. The fraction of sp³-hybridized carbons (Fsp3) is 0.825. The van der Waals surface area contributed by atoms with Gasteiger partial charge in [-0.1, -0.05) is 262 Å². The SMILES string of the molecule is CCCCC/C=C\C/C=C\CCCCCCCCCCCC(=O)OC(COC(=O)CCCCCCCCCCC/C=C\C/C=C\CCCCCCC)COC(=O)CCCCCCCCCCCCC. The summed E-state index contributed by atoms with van der Waals surface area (Å²) < 4.78 is 16.9. The van der Waals surface area contributed by atoms with E-state index in [1.807, 2.05) is 0 Å². The standard InChI is InChI=1S/C63H114O6/c1-4-7-10-13-16-19-22-24-26-28-30-31-33-34-36-38-41-44-47-50-53-56-62(65)68-59-60(58-67-61(64)55-52-49-46-43-40-21-18-15-12-9-6-3)69-63(66)57-54-51-48-45-42-39-37-35-32-29-27-25-23-20-17-14-11-8-5-2/h17,20,22,24-25,27-28,30,60H,4-16,18-19,21,23,26,29,31-59H2,1-3H3/b20-17-,24-22-,27-25-,30-28-. The normalized spacial score (nSPS) is 12.3. The Kier molecular flexibility index (Phi) is 55.7. The van der Waals surface area contributed by atoms with Crippen LogP contribution < -0.4 is 0 Å². The topological polar surface area (TPSA) is 78.9 Å². The molecule has 0 fully saturated rings. The Morgan fingerprint density at radius 2 is 0.522 bits per heavy atom. The third-order valence-corrected chi connectivity index (χ3v) is 13.3. The first kappa shape index (κ1) is 66.4. The highest BCUT2D eigenvalue weighted by atomic mass is 16.6. The molecule has 1 atom stereocenters. The first-order valence-electron chi connectivity index (χ1n) is 30.1. The smallest absolute Gasteiger partial charge is 0.306 e. The molecule has 0 aromatic heterocycles. The zero-order chi connectivity index (χ0) is 50.0. The summed E-state index contributed by atoms with van der Waals surface area (Å²) >= 11 is 0. The van der Waals surface area contributed by atoms with Gasteiger partial charge in [0.15, 0.2) is 6.10 Å². The molecule has 0 radical (unpaired) electrons. The molecule has 0 N–H and O–H groups in total. The highest BCUT2D eigenvalue weighted by Crippen LogP contribution is 2.16. The van der Waals surface area contributed by atoms with E-state index in [4.69, 9.17) is 14.2 Å². The number of carbonyl (C=O) groups is 3. The zero-order valence-electron chi connectivity index (χ0n) is 46.1. The molecule has 69 heavy (non-hydrogen) atoms. The second-order valence-electron chi connectivity index (χ2n) is 20.3. The Morgan fingerprint density at radius 3 is 0.826 bits per heavy atom. The van der Waals surface area contributed by atoms with Crippen LogP contribution in [0.1, 0.15) is 316 Å². The van der Waals surface area contributed by atoms with Crippen LogP contribution in [0.4, 0.5) is 0 Å². The monoisotopic (exact) mass is 967 g/mol. The van der Waals surface area contributed by atoms with Crippen molar-refractivity contribution in [1.82, 2.24) is 0 Å². The molecule has 402 valence electrons. The maximum atomic E-state index is 12.9. The molecule has 0 aliphatic carbocycles. The van der Waals surface area contributed by atoms with Gasteiger partial charge in [-0.2, -0.15) is 0 Å². The molecule has 6 nitrogen and oxygen atoms in total. The molecule has 0 rings (SSSR count). The van der Waals surface area contributed by atoms with Gasteiger partial charge in [0.25, 0.3) is 0 Å². The average molecular weight is 968 g/mol. The molecule has 6 heteroatoms. The molecule has 0 heterocycles. The Hall–Kier alpha value is -2.63. The number of esters is 3. The summed E-state index contributed by atoms with van der Waals surface area (Å²) in [6.07, 6.45) is 71.0. The lowest BCUT2D eigenvalue weighted by Gasteiger charge is -2.18. The average Bonchev–Trinajstić information content (AvgIpc) is 3.35. The second kappa shape index (κ2) is 57.9. The van der Waals surface area contributed by atoms with Gasteiger partial charge in [-0.05, 0) is 83.5 Å². The minimum Gasteiger partial charge on any atom is -0.462 e. The van der Waals surface area contributed by atoms with Crippen LogP contribution in [0.2, 0.25) is 0 Å². The maximum Gasteiger partial charge on any atom is 0.306 e. The third kappa shape index (κ3) is 56.2. The predicted octanol–water partition coefficient (Wildman–Crippen LogP) is 20.2. The number of ether oxygens (including phenoxy) is 3. The molecule has 0 aliphatic rings. The summed E-state index contributed by atoms with van der Waals surface area (Å²) in [6, 6.07) is 0. The van der Waals surface area contributed by atoms with Gasteiger partial charge in [0.1, 0.15) is 13.2 Å². The van der Waals surface area contributed by atoms with Crippen LogP contribution in [-0.4, -0.2) is 37.2 Å². The summed E-state index contributed by atoms with van der Waals surface area (Å²) in [6.45, 7) is 6.63. The summed E-state index contributed by atoms with van der Waals surface area (Å²) in [4.78, 5) is 38.2. The van der Waals surface area contributed by atoms with Crippen LogP contribution in [0.3, 0.4) is 0 Å². The molecule has 0 aromatic carbocycles. The van der Waals surface area contributed by atoms with E-state index >= 15 is 0 Å². The lowest BCUT2D eigenvalue weighted by atomic mass is 10.1. The summed E-state index contributed by atoms with van der Waals surface area (Å²) in [5.41, 5.74) is 0. The first-order chi connectivity index (χ1) is 34.0. The fourth-order valence-corrected chi connectivity index (χ4v) is 8.74. The van der Waals surface area contributed by atoms with Gasteiger partial charge >= 0.3 is 17.9 Å². The molecule has 1 unspecified atom stereocenters. The Morgan fingerprint density at radius 1 is 0.290 bits per heavy atom. The largest absolute Gasteiger partial charge is 0.462 e. The van der Waals surface area contributed by atoms with Gasteiger partial charge in [-0.15, -0.1) is 0 Å². The molecule has 0 spiro atoms. The van der Waals surface area contributed by atoms with Gasteiger partial charge in [0.2, 0.25) is 0 Å². The highest BCUT2D eigenvalue weighted by molar-refractivity contribution is 5.71.